The van der Waals surface area contributed by atoms with Crippen LogP contribution in [0, 0.1) is 6.92 Å². The number of aryl methyl sites for hydroxylation is 1. The fourth-order valence-corrected chi connectivity index (χ4v) is 1.95. The van der Waals surface area contributed by atoms with Crippen molar-refractivity contribution in [3.8, 4) is 0 Å². The van der Waals surface area contributed by atoms with Gasteiger partial charge in [-0.05, 0) is 23.6 Å². The van der Waals surface area contributed by atoms with Crippen molar-refractivity contribution in [1.29, 1.82) is 0 Å². The van der Waals surface area contributed by atoms with Crippen LogP contribution in [0.3, 0.4) is 0 Å². The zero-order chi connectivity index (χ0) is 9.42. The molecule has 0 nitrogen and oxygen atoms in total. The lowest BCUT2D eigenvalue weighted by Crippen LogP contribution is -1.88. The van der Waals surface area contributed by atoms with Crippen LogP contribution in [-0.4, -0.2) is 0 Å². The summed E-state index contributed by atoms with van der Waals surface area (Å²) in [6.07, 6.45) is 4.22. The largest absolute Gasteiger partial charge is 0.0985 e. The van der Waals surface area contributed by atoms with E-state index in [2.05, 4.69) is 44.7 Å². The molecule has 0 saturated carbocycles. The molecule has 66 valence electrons. The van der Waals surface area contributed by atoms with E-state index in [1.54, 1.807) is 0 Å². The lowest BCUT2D eigenvalue weighted by atomic mass is 9.99. The van der Waals surface area contributed by atoms with Crippen LogP contribution in [-0.2, 0) is 0 Å². The summed E-state index contributed by atoms with van der Waals surface area (Å²) in [5, 5.41) is 0. The van der Waals surface area contributed by atoms with Gasteiger partial charge < -0.3 is 0 Å². The number of fused-ring (bicyclic) bond motifs is 1. The molecule has 0 spiro atoms. The first-order valence-corrected chi connectivity index (χ1v) is 4.67. The van der Waals surface area contributed by atoms with Crippen LogP contribution in [0.1, 0.15) is 29.5 Å². The Kier molecular flexibility index (Phi) is 1.84. The van der Waals surface area contributed by atoms with Gasteiger partial charge in [-0.15, -0.1) is 0 Å². The van der Waals surface area contributed by atoms with Crippen molar-refractivity contribution in [2.24, 2.45) is 0 Å². The maximum atomic E-state index is 3.83. The van der Waals surface area contributed by atoms with Crippen molar-refractivity contribution in [1.82, 2.24) is 0 Å². The van der Waals surface area contributed by atoms with Gasteiger partial charge in [0.05, 0.1) is 0 Å². The highest BCUT2D eigenvalue weighted by atomic mass is 14.2. The second kappa shape index (κ2) is 2.88. The highest BCUT2D eigenvalue weighted by Crippen LogP contribution is 2.36. The van der Waals surface area contributed by atoms with E-state index in [1.807, 2.05) is 6.08 Å². The highest BCUT2D eigenvalue weighted by Gasteiger charge is 2.17. The summed E-state index contributed by atoms with van der Waals surface area (Å²) in [7, 11) is 0. The fourth-order valence-electron chi connectivity index (χ4n) is 1.95. The van der Waals surface area contributed by atoms with Crippen LogP contribution in [0.2, 0.25) is 0 Å². The Hall–Kier alpha value is -1.30. The van der Waals surface area contributed by atoms with E-state index < -0.39 is 0 Å². The van der Waals surface area contributed by atoms with Gasteiger partial charge in [-0.2, -0.15) is 0 Å². The number of hydrogen-bond donors (Lipinski definition) is 0. The van der Waals surface area contributed by atoms with Gasteiger partial charge in [-0.25, -0.2) is 0 Å². The molecule has 0 amide bonds. The molecule has 0 bridgehead atoms. The molecule has 2 rings (SSSR count). The van der Waals surface area contributed by atoms with Crippen molar-refractivity contribution in [3.63, 3.8) is 0 Å². The first kappa shape index (κ1) is 8.31. The van der Waals surface area contributed by atoms with Crippen molar-refractivity contribution < 1.29 is 0 Å². The molecule has 0 aromatic heterocycles. The van der Waals surface area contributed by atoms with Gasteiger partial charge >= 0.3 is 0 Å². The quantitative estimate of drug-likeness (QED) is 0.603. The van der Waals surface area contributed by atoms with E-state index in [-0.39, 0.29) is 0 Å². The van der Waals surface area contributed by atoms with Gasteiger partial charge in [-0.1, -0.05) is 49.4 Å². The second-order valence-corrected chi connectivity index (χ2v) is 3.71. The van der Waals surface area contributed by atoms with Gasteiger partial charge in [0.15, 0.2) is 0 Å². The van der Waals surface area contributed by atoms with E-state index in [0.717, 1.165) is 0 Å². The smallest absolute Gasteiger partial charge is 0.000501 e. The first-order chi connectivity index (χ1) is 6.22. The summed E-state index contributed by atoms with van der Waals surface area (Å²) in [5.41, 5.74) is 5.41. The topological polar surface area (TPSA) is 0 Å². The third kappa shape index (κ3) is 1.23. The fraction of sp³-hybridized carbons (Fsp3) is 0.231. The summed E-state index contributed by atoms with van der Waals surface area (Å²) in [6, 6.07) is 6.63. The highest BCUT2D eigenvalue weighted by molar-refractivity contribution is 5.80. The third-order valence-corrected chi connectivity index (χ3v) is 2.66. The minimum Gasteiger partial charge on any atom is -0.0985 e. The van der Waals surface area contributed by atoms with Crippen LogP contribution < -0.4 is 0 Å². The molecule has 0 aliphatic heterocycles. The molecule has 1 aromatic rings. The zero-order valence-electron chi connectivity index (χ0n) is 8.17. The Morgan fingerprint density at radius 3 is 2.85 bits per heavy atom. The van der Waals surface area contributed by atoms with E-state index >= 15 is 0 Å². The maximum absolute atomic E-state index is 3.83. The van der Waals surface area contributed by atoms with E-state index in [4.69, 9.17) is 0 Å². The van der Waals surface area contributed by atoms with Crippen LogP contribution in [0.15, 0.2) is 36.9 Å². The molecule has 0 heteroatoms. The Morgan fingerprint density at radius 1 is 1.38 bits per heavy atom. The number of allylic oxidation sites excluding steroid dienone is 3. The minimum absolute atomic E-state index is 0.544. The first-order valence-electron chi connectivity index (χ1n) is 4.67. The van der Waals surface area contributed by atoms with Gasteiger partial charge in [-0.3, -0.25) is 0 Å². The van der Waals surface area contributed by atoms with Crippen molar-refractivity contribution in [2.45, 2.75) is 19.8 Å². The molecule has 1 atom stereocenters. The second-order valence-electron chi connectivity index (χ2n) is 3.71. The predicted molar refractivity (Wildman–Crippen MR) is 57.8 cm³/mol. The van der Waals surface area contributed by atoms with E-state index in [0.29, 0.717) is 5.92 Å². The van der Waals surface area contributed by atoms with Crippen molar-refractivity contribution in [2.75, 3.05) is 0 Å². The van der Waals surface area contributed by atoms with Gasteiger partial charge in [0.2, 0.25) is 0 Å². The molecule has 0 saturated heterocycles. The predicted octanol–water partition coefficient (Wildman–Crippen LogP) is 3.68. The van der Waals surface area contributed by atoms with Crippen LogP contribution in [0.4, 0.5) is 0 Å². The summed E-state index contributed by atoms with van der Waals surface area (Å²) in [5.74, 6) is 0.544. The van der Waals surface area contributed by atoms with Gasteiger partial charge in [0.25, 0.3) is 0 Å². The molecular weight excluding hydrogens is 156 g/mol. The van der Waals surface area contributed by atoms with Crippen molar-refractivity contribution in [3.05, 3.63) is 53.6 Å². The lowest BCUT2D eigenvalue weighted by Gasteiger charge is -2.05. The lowest BCUT2D eigenvalue weighted by molar-refractivity contribution is 0.987. The summed E-state index contributed by atoms with van der Waals surface area (Å²) >= 11 is 0. The molecule has 1 aromatic carbocycles. The molecule has 0 fully saturated rings. The molecule has 1 aliphatic carbocycles. The number of rotatable bonds is 1. The average molecular weight is 170 g/mol. The van der Waals surface area contributed by atoms with Crippen LogP contribution in [0.5, 0.6) is 0 Å². The average Bonchev–Trinajstić information content (AvgIpc) is 2.43. The van der Waals surface area contributed by atoms with E-state index in [1.165, 1.54) is 22.3 Å². The minimum atomic E-state index is 0.544. The molecular formula is C13H14. The van der Waals surface area contributed by atoms with Crippen LogP contribution >= 0.6 is 0 Å². The van der Waals surface area contributed by atoms with Crippen molar-refractivity contribution >= 4 is 5.57 Å². The number of benzene rings is 1. The number of hydrogen-bond acceptors (Lipinski definition) is 0. The molecule has 0 radical (unpaired) electrons. The SMILES string of the molecule is C=CC1=CC(C)c2cc(C)ccc21. The molecule has 0 N–H and O–H groups in total. The normalized spacial score (nSPS) is 19.5. The molecule has 1 unspecified atom stereocenters. The van der Waals surface area contributed by atoms with Gasteiger partial charge in [0.1, 0.15) is 0 Å². The molecule has 1 aliphatic rings. The van der Waals surface area contributed by atoms with Crippen LogP contribution in [0.25, 0.3) is 5.57 Å². The molecule has 13 heavy (non-hydrogen) atoms. The third-order valence-electron chi connectivity index (χ3n) is 2.66. The summed E-state index contributed by atoms with van der Waals surface area (Å²) in [4.78, 5) is 0. The Bertz CT molecular complexity index is 383. The Morgan fingerprint density at radius 2 is 2.15 bits per heavy atom. The molecule has 0 heterocycles. The summed E-state index contributed by atoms with van der Waals surface area (Å²) < 4.78 is 0. The monoisotopic (exact) mass is 170 g/mol. The standard InChI is InChI=1S/C13H14/c1-4-11-8-10(3)13-7-9(2)5-6-12(11)13/h4-8,10H,1H2,2-3H3. The zero-order valence-corrected chi connectivity index (χ0v) is 8.17. The van der Waals surface area contributed by atoms with Gasteiger partial charge in [0, 0.05) is 5.92 Å². The van der Waals surface area contributed by atoms with E-state index in [9.17, 15) is 0 Å². The Labute approximate surface area is 79.6 Å². The summed E-state index contributed by atoms with van der Waals surface area (Å²) in [6.45, 7) is 8.20. The maximum Gasteiger partial charge on any atom is 0.000501 e. The Balaban J connectivity index is 2.59.